The largest absolute Gasteiger partial charge is 0.513 e. The molecule has 1 aromatic rings. The van der Waals surface area contributed by atoms with Crippen LogP contribution in [0.15, 0.2) is 18.2 Å². The van der Waals surface area contributed by atoms with Crippen molar-refractivity contribution in [2.75, 3.05) is 14.2 Å². The summed E-state index contributed by atoms with van der Waals surface area (Å²) in [5, 5.41) is 0. The van der Waals surface area contributed by atoms with Crippen molar-refractivity contribution in [1.29, 1.82) is 0 Å². The minimum atomic E-state index is -1.07. The molecule has 0 heterocycles. The van der Waals surface area contributed by atoms with Crippen LogP contribution in [0.5, 0.6) is 11.5 Å². The van der Waals surface area contributed by atoms with Crippen molar-refractivity contribution in [2.24, 2.45) is 11.7 Å². The monoisotopic (exact) mass is 469 g/mol. The SMILES string of the molecule is COC(=O)Oc1ccc(C[C@H](N)C(=O)O[C@@H](C)[C@H](C)OC(=O)CC(C)C)cc1OC(=O)OC. The average Bonchev–Trinajstić information content (AvgIpc) is 2.74. The van der Waals surface area contributed by atoms with Crippen molar-refractivity contribution in [3.63, 3.8) is 0 Å². The minimum absolute atomic E-state index is 0.0170. The summed E-state index contributed by atoms with van der Waals surface area (Å²) in [5.74, 6) is -1.17. The molecule has 0 aliphatic carbocycles. The van der Waals surface area contributed by atoms with Gasteiger partial charge in [-0.3, -0.25) is 9.59 Å². The Labute approximate surface area is 192 Å². The van der Waals surface area contributed by atoms with Gasteiger partial charge in [-0.1, -0.05) is 19.9 Å². The Morgan fingerprint density at radius 3 is 1.94 bits per heavy atom. The first-order chi connectivity index (χ1) is 15.5. The first kappa shape index (κ1) is 27.7. The van der Waals surface area contributed by atoms with Crippen LogP contribution in [0.4, 0.5) is 9.59 Å². The van der Waals surface area contributed by atoms with Crippen molar-refractivity contribution >= 4 is 24.2 Å². The fraction of sp³-hybridized carbons (Fsp3) is 0.545. The highest BCUT2D eigenvalue weighted by Gasteiger charge is 2.25. The van der Waals surface area contributed by atoms with Crippen molar-refractivity contribution in [3.05, 3.63) is 23.8 Å². The van der Waals surface area contributed by atoms with E-state index in [1.54, 1.807) is 13.8 Å². The second-order valence-corrected chi connectivity index (χ2v) is 7.64. The van der Waals surface area contributed by atoms with Gasteiger partial charge in [0, 0.05) is 6.42 Å². The topological polar surface area (TPSA) is 150 Å². The third kappa shape index (κ3) is 9.77. The maximum atomic E-state index is 12.4. The smallest absolute Gasteiger partial charge is 0.459 e. The molecule has 184 valence electrons. The van der Waals surface area contributed by atoms with Gasteiger partial charge in [0.2, 0.25) is 0 Å². The van der Waals surface area contributed by atoms with E-state index in [4.69, 9.17) is 24.7 Å². The molecule has 0 aromatic heterocycles. The lowest BCUT2D eigenvalue weighted by Crippen LogP contribution is -2.39. The summed E-state index contributed by atoms with van der Waals surface area (Å²) in [5.41, 5.74) is 6.45. The lowest BCUT2D eigenvalue weighted by Gasteiger charge is -2.23. The van der Waals surface area contributed by atoms with E-state index < -0.39 is 36.5 Å². The number of nitrogens with two attached hydrogens (primary N) is 1. The average molecular weight is 469 g/mol. The summed E-state index contributed by atoms with van der Waals surface area (Å²) in [6.07, 6.45) is -3.15. The maximum absolute atomic E-state index is 12.4. The molecule has 11 nitrogen and oxygen atoms in total. The fourth-order valence-corrected chi connectivity index (χ4v) is 2.49. The number of esters is 2. The Hall–Kier alpha value is -3.34. The summed E-state index contributed by atoms with van der Waals surface area (Å²) in [4.78, 5) is 47.1. The third-order valence-electron chi connectivity index (χ3n) is 4.34. The molecule has 1 rings (SSSR count). The zero-order valence-electron chi connectivity index (χ0n) is 19.6. The third-order valence-corrected chi connectivity index (χ3v) is 4.34. The van der Waals surface area contributed by atoms with Crippen LogP contribution in [-0.2, 0) is 35.0 Å². The zero-order valence-corrected chi connectivity index (χ0v) is 19.6. The second-order valence-electron chi connectivity index (χ2n) is 7.64. The molecule has 0 unspecified atom stereocenters. The van der Waals surface area contributed by atoms with Crippen LogP contribution >= 0.6 is 0 Å². The predicted molar refractivity (Wildman–Crippen MR) is 115 cm³/mol. The van der Waals surface area contributed by atoms with Gasteiger partial charge >= 0.3 is 24.2 Å². The maximum Gasteiger partial charge on any atom is 0.513 e. The molecule has 0 spiro atoms. The van der Waals surface area contributed by atoms with E-state index in [1.165, 1.54) is 18.2 Å². The van der Waals surface area contributed by atoms with E-state index >= 15 is 0 Å². The molecule has 11 heteroatoms. The van der Waals surface area contributed by atoms with Crippen LogP contribution in [0.1, 0.15) is 39.7 Å². The summed E-state index contributed by atoms with van der Waals surface area (Å²) in [7, 11) is 2.23. The molecule has 0 amide bonds. The zero-order chi connectivity index (χ0) is 25.1. The fourth-order valence-electron chi connectivity index (χ4n) is 2.49. The van der Waals surface area contributed by atoms with Gasteiger partial charge in [-0.15, -0.1) is 0 Å². The highest BCUT2D eigenvalue weighted by molar-refractivity contribution is 5.76. The molecule has 0 bridgehead atoms. The van der Waals surface area contributed by atoms with E-state index in [0.717, 1.165) is 14.2 Å². The van der Waals surface area contributed by atoms with E-state index in [2.05, 4.69) is 9.47 Å². The molecule has 3 atom stereocenters. The number of carbonyl (C=O) groups is 4. The molecule has 0 saturated heterocycles. The van der Waals surface area contributed by atoms with Crippen LogP contribution in [-0.4, -0.2) is 56.7 Å². The number of carbonyl (C=O) groups excluding carboxylic acids is 4. The number of rotatable bonds is 10. The van der Waals surface area contributed by atoms with Crippen molar-refractivity contribution in [2.45, 2.75) is 58.8 Å². The Morgan fingerprint density at radius 2 is 1.39 bits per heavy atom. The van der Waals surface area contributed by atoms with Crippen molar-refractivity contribution in [3.8, 4) is 11.5 Å². The number of hydrogen-bond acceptors (Lipinski definition) is 11. The van der Waals surface area contributed by atoms with Gasteiger partial charge in [-0.25, -0.2) is 9.59 Å². The first-order valence-corrected chi connectivity index (χ1v) is 10.3. The molecule has 0 aliphatic rings. The molecule has 0 radical (unpaired) electrons. The van der Waals surface area contributed by atoms with Gasteiger partial charge < -0.3 is 34.2 Å². The van der Waals surface area contributed by atoms with Crippen LogP contribution in [0.3, 0.4) is 0 Å². The number of ether oxygens (including phenoxy) is 6. The van der Waals surface area contributed by atoms with Crippen molar-refractivity contribution < 1.29 is 47.6 Å². The molecule has 2 N–H and O–H groups in total. The standard InChI is InChI=1S/C22H31NO10/c1-12(2)9-19(24)30-13(3)14(4)31-20(25)16(23)10-15-7-8-17(32-21(26)28-5)18(11-15)33-22(27)29-6/h7-8,11-14,16H,9-10,23H2,1-6H3/t13-,14-,16-/m0/s1. The van der Waals surface area contributed by atoms with Crippen LogP contribution in [0.2, 0.25) is 0 Å². The highest BCUT2D eigenvalue weighted by atomic mass is 16.7. The lowest BCUT2D eigenvalue weighted by atomic mass is 10.1. The summed E-state index contributed by atoms with van der Waals surface area (Å²) in [6, 6.07) is 3.17. The summed E-state index contributed by atoms with van der Waals surface area (Å²) >= 11 is 0. The van der Waals surface area contributed by atoms with E-state index in [9.17, 15) is 19.2 Å². The predicted octanol–water partition coefficient (Wildman–Crippen LogP) is 2.76. The van der Waals surface area contributed by atoms with Gasteiger partial charge in [0.1, 0.15) is 18.2 Å². The summed E-state index contributed by atoms with van der Waals surface area (Å²) in [6.45, 7) is 7.01. The quantitative estimate of drug-likeness (QED) is 0.306. The molecule has 0 saturated carbocycles. The highest BCUT2D eigenvalue weighted by Crippen LogP contribution is 2.30. The van der Waals surface area contributed by atoms with Gasteiger partial charge in [0.25, 0.3) is 0 Å². The normalized spacial score (nSPS) is 13.3. The van der Waals surface area contributed by atoms with Gasteiger partial charge in [-0.05, 0) is 43.9 Å². The van der Waals surface area contributed by atoms with Gasteiger partial charge in [0.15, 0.2) is 11.5 Å². The van der Waals surface area contributed by atoms with E-state index in [-0.39, 0.29) is 36.2 Å². The van der Waals surface area contributed by atoms with E-state index in [1.807, 2.05) is 13.8 Å². The first-order valence-electron chi connectivity index (χ1n) is 10.3. The molecule has 1 aromatic carbocycles. The Bertz CT molecular complexity index is 838. The molecule has 0 aliphatic heterocycles. The minimum Gasteiger partial charge on any atom is -0.459 e. The van der Waals surface area contributed by atoms with Crippen LogP contribution in [0.25, 0.3) is 0 Å². The number of methoxy groups -OCH3 is 2. The van der Waals surface area contributed by atoms with E-state index in [0.29, 0.717) is 5.56 Å². The molecule has 0 fully saturated rings. The van der Waals surface area contributed by atoms with Crippen molar-refractivity contribution in [1.82, 2.24) is 0 Å². The van der Waals surface area contributed by atoms with Crippen LogP contribution in [0, 0.1) is 5.92 Å². The lowest BCUT2D eigenvalue weighted by molar-refractivity contribution is -0.166. The Kier molecular flexibility index (Phi) is 11.1. The summed E-state index contributed by atoms with van der Waals surface area (Å²) < 4.78 is 29.4. The van der Waals surface area contributed by atoms with Gasteiger partial charge in [0.05, 0.1) is 14.2 Å². The molecule has 33 heavy (non-hydrogen) atoms. The number of benzene rings is 1. The van der Waals surface area contributed by atoms with Crippen LogP contribution < -0.4 is 15.2 Å². The molecular formula is C22H31NO10. The Balaban J connectivity index is 2.81. The Morgan fingerprint density at radius 1 is 0.848 bits per heavy atom. The molecular weight excluding hydrogens is 438 g/mol. The number of hydrogen-bond donors (Lipinski definition) is 1. The second kappa shape index (κ2) is 13.3. The van der Waals surface area contributed by atoms with Gasteiger partial charge in [-0.2, -0.15) is 0 Å².